The molecule has 0 spiro atoms. The maximum absolute atomic E-state index is 5.69. The Labute approximate surface area is 104 Å². The van der Waals surface area contributed by atoms with Gasteiger partial charge in [-0.25, -0.2) is 0 Å². The molecular formula is C14H12BrO. The summed E-state index contributed by atoms with van der Waals surface area (Å²) >= 11 is 3.40. The zero-order valence-electron chi connectivity index (χ0n) is 8.82. The van der Waals surface area contributed by atoms with E-state index in [-0.39, 0.29) is 0 Å². The van der Waals surface area contributed by atoms with Crippen molar-refractivity contribution in [2.24, 2.45) is 0 Å². The summed E-state index contributed by atoms with van der Waals surface area (Å²) in [6.45, 7) is 4.51. The molecule has 2 aromatic carbocycles. The van der Waals surface area contributed by atoms with Gasteiger partial charge in [0.05, 0.1) is 0 Å². The van der Waals surface area contributed by atoms with Crippen molar-refractivity contribution in [3.05, 3.63) is 71.1 Å². The zero-order chi connectivity index (χ0) is 11.4. The number of hydrogen-bond donors (Lipinski definition) is 0. The van der Waals surface area contributed by atoms with Crippen molar-refractivity contribution in [3.63, 3.8) is 0 Å². The van der Waals surface area contributed by atoms with Gasteiger partial charge in [0.15, 0.2) is 0 Å². The van der Waals surface area contributed by atoms with Gasteiger partial charge in [0, 0.05) is 4.47 Å². The third-order valence-electron chi connectivity index (χ3n) is 2.26. The van der Waals surface area contributed by atoms with E-state index in [0.717, 1.165) is 21.3 Å². The van der Waals surface area contributed by atoms with E-state index in [4.69, 9.17) is 4.74 Å². The third kappa shape index (κ3) is 2.86. The summed E-state index contributed by atoms with van der Waals surface area (Å²) in [4.78, 5) is 0. The molecule has 2 rings (SSSR count). The fraction of sp³-hybridized carbons (Fsp3) is 0.0714. The van der Waals surface area contributed by atoms with E-state index < -0.39 is 0 Å². The first-order chi connectivity index (χ1) is 7.75. The SMILES string of the molecule is [CH2]c1cc(Br)ccc1OCc1ccccc1. The van der Waals surface area contributed by atoms with Crippen LogP contribution < -0.4 is 4.74 Å². The Bertz CT molecular complexity index is 465. The van der Waals surface area contributed by atoms with Gasteiger partial charge < -0.3 is 4.74 Å². The molecule has 0 aliphatic rings. The highest BCUT2D eigenvalue weighted by atomic mass is 79.9. The van der Waals surface area contributed by atoms with Crippen LogP contribution in [0.15, 0.2) is 53.0 Å². The highest BCUT2D eigenvalue weighted by molar-refractivity contribution is 9.10. The first-order valence-electron chi connectivity index (χ1n) is 5.04. The number of halogens is 1. The van der Waals surface area contributed by atoms with Crippen LogP contribution in [-0.4, -0.2) is 0 Å². The van der Waals surface area contributed by atoms with Gasteiger partial charge in [0.25, 0.3) is 0 Å². The minimum absolute atomic E-state index is 0.574. The molecule has 0 saturated carbocycles. The van der Waals surface area contributed by atoms with E-state index in [1.165, 1.54) is 0 Å². The van der Waals surface area contributed by atoms with Crippen LogP contribution in [0.25, 0.3) is 0 Å². The first kappa shape index (κ1) is 11.2. The summed E-state index contributed by atoms with van der Waals surface area (Å²) in [5.41, 5.74) is 2.05. The lowest BCUT2D eigenvalue weighted by Gasteiger charge is -2.09. The third-order valence-corrected chi connectivity index (χ3v) is 2.75. The number of rotatable bonds is 3. The molecule has 0 atom stereocenters. The lowest BCUT2D eigenvalue weighted by atomic mass is 10.2. The molecule has 0 bridgehead atoms. The lowest BCUT2D eigenvalue weighted by molar-refractivity contribution is 0.305. The average Bonchev–Trinajstić information content (AvgIpc) is 2.29. The second kappa shape index (κ2) is 5.17. The second-order valence-electron chi connectivity index (χ2n) is 3.53. The van der Waals surface area contributed by atoms with Crippen molar-refractivity contribution in [2.45, 2.75) is 6.61 Å². The van der Waals surface area contributed by atoms with Gasteiger partial charge in [-0.15, -0.1) is 0 Å². The van der Waals surface area contributed by atoms with Crippen molar-refractivity contribution in [2.75, 3.05) is 0 Å². The summed E-state index contributed by atoms with van der Waals surface area (Å²) in [7, 11) is 0. The van der Waals surface area contributed by atoms with Crippen molar-refractivity contribution in [3.8, 4) is 5.75 Å². The topological polar surface area (TPSA) is 9.23 Å². The Hall–Kier alpha value is -1.28. The molecular weight excluding hydrogens is 264 g/mol. The van der Waals surface area contributed by atoms with Crippen LogP contribution in [0.2, 0.25) is 0 Å². The fourth-order valence-electron chi connectivity index (χ4n) is 1.42. The van der Waals surface area contributed by atoms with E-state index in [9.17, 15) is 0 Å². The normalized spacial score (nSPS) is 10.1. The van der Waals surface area contributed by atoms with E-state index in [1.807, 2.05) is 48.5 Å². The van der Waals surface area contributed by atoms with Gasteiger partial charge in [-0.05, 0) is 36.2 Å². The summed E-state index contributed by atoms with van der Waals surface area (Å²) in [5, 5.41) is 0. The molecule has 2 heteroatoms. The van der Waals surface area contributed by atoms with Crippen molar-refractivity contribution in [1.29, 1.82) is 0 Å². The second-order valence-corrected chi connectivity index (χ2v) is 4.44. The Morgan fingerprint density at radius 2 is 1.81 bits per heavy atom. The molecule has 2 aromatic rings. The summed E-state index contributed by atoms with van der Waals surface area (Å²) < 4.78 is 6.71. The van der Waals surface area contributed by atoms with E-state index >= 15 is 0 Å². The predicted octanol–water partition coefficient (Wildman–Crippen LogP) is 4.21. The van der Waals surface area contributed by atoms with Crippen LogP contribution in [0.4, 0.5) is 0 Å². The highest BCUT2D eigenvalue weighted by Crippen LogP contribution is 2.22. The van der Waals surface area contributed by atoms with Gasteiger partial charge in [-0.1, -0.05) is 46.3 Å². The molecule has 0 aromatic heterocycles. The Balaban J connectivity index is 2.05. The lowest BCUT2D eigenvalue weighted by Crippen LogP contribution is -1.96. The zero-order valence-corrected chi connectivity index (χ0v) is 10.4. The van der Waals surface area contributed by atoms with Crippen LogP contribution in [0.1, 0.15) is 11.1 Å². The molecule has 1 nitrogen and oxygen atoms in total. The Morgan fingerprint density at radius 1 is 1.06 bits per heavy atom. The molecule has 0 fully saturated rings. The largest absolute Gasteiger partial charge is 0.489 e. The average molecular weight is 276 g/mol. The van der Waals surface area contributed by atoms with E-state index in [1.54, 1.807) is 0 Å². The fourth-order valence-corrected chi connectivity index (χ4v) is 1.83. The molecule has 16 heavy (non-hydrogen) atoms. The molecule has 0 aliphatic carbocycles. The van der Waals surface area contributed by atoms with Gasteiger partial charge in [0.1, 0.15) is 12.4 Å². The maximum atomic E-state index is 5.69. The molecule has 0 N–H and O–H groups in total. The Morgan fingerprint density at radius 3 is 2.50 bits per heavy atom. The minimum Gasteiger partial charge on any atom is -0.489 e. The number of ether oxygens (including phenoxy) is 1. The molecule has 1 radical (unpaired) electrons. The quantitative estimate of drug-likeness (QED) is 0.816. The van der Waals surface area contributed by atoms with Crippen LogP contribution >= 0.6 is 15.9 Å². The first-order valence-corrected chi connectivity index (χ1v) is 5.83. The van der Waals surface area contributed by atoms with Gasteiger partial charge in [-0.3, -0.25) is 0 Å². The van der Waals surface area contributed by atoms with Crippen molar-refractivity contribution < 1.29 is 4.74 Å². The van der Waals surface area contributed by atoms with Gasteiger partial charge in [-0.2, -0.15) is 0 Å². The van der Waals surface area contributed by atoms with Crippen molar-refractivity contribution in [1.82, 2.24) is 0 Å². The highest BCUT2D eigenvalue weighted by Gasteiger charge is 2.00. The molecule has 0 saturated heterocycles. The number of benzene rings is 2. The summed E-state index contributed by atoms with van der Waals surface area (Å²) in [6.07, 6.45) is 0. The number of hydrogen-bond acceptors (Lipinski definition) is 1. The minimum atomic E-state index is 0.574. The summed E-state index contributed by atoms with van der Waals surface area (Å²) in [5.74, 6) is 0.826. The molecule has 0 aliphatic heterocycles. The van der Waals surface area contributed by atoms with Crippen LogP contribution in [-0.2, 0) is 6.61 Å². The van der Waals surface area contributed by atoms with Crippen molar-refractivity contribution >= 4 is 15.9 Å². The maximum Gasteiger partial charge on any atom is 0.123 e. The predicted molar refractivity (Wildman–Crippen MR) is 69.4 cm³/mol. The molecule has 81 valence electrons. The Kier molecular flexibility index (Phi) is 3.62. The van der Waals surface area contributed by atoms with Gasteiger partial charge in [0.2, 0.25) is 0 Å². The summed E-state index contributed by atoms with van der Waals surface area (Å²) in [6, 6.07) is 15.9. The van der Waals surface area contributed by atoms with Crippen LogP contribution in [0.3, 0.4) is 0 Å². The van der Waals surface area contributed by atoms with E-state index in [2.05, 4.69) is 22.9 Å². The van der Waals surface area contributed by atoms with Crippen LogP contribution in [0, 0.1) is 6.92 Å². The smallest absolute Gasteiger partial charge is 0.123 e. The standard InChI is InChI=1S/C14H12BrO/c1-11-9-13(15)7-8-14(11)16-10-12-5-3-2-4-6-12/h2-9H,1,10H2. The molecule has 0 amide bonds. The molecule has 0 unspecified atom stereocenters. The van der Waals surface area contributed by atoms with Gasteiger partial charge >= 0.3 is 0 Å². The van der Waals surface area contributed by atoms with E-state index in [0.29, 0.717) is 6.61 Å². The van der Waals surface area contributed by atoms with Crippen LogP contribution in [0.5, 0.6) is 5.75 Å². The monoisotopic (exact) mass is 275 g/mol. The molecule has 0 heterocycles.